The van der Waals surface area contributed by atoms with Crippen molar-refractivity contribution >= 4 is 39.7 Å². The Bertz CT molecular complexity index is 1510. The number of fused-ring (bicyclic) bond motifs is 1. The fourth-order valence-electron chi connectivity index (χ4n) is 4.36. The molecule has 37 heavy (non-hydrogen) atoms. The van der Waals surface area contributed by atoms with Crippen LogP contribution < -0.4 is 20.1 Å². The molecule has 2 N–H and O–H groups in total. The van der Waals surface area contributed by atoms with Crippen LogP contribution in [-0.4, -0.2) is 26.0 Å². The molecule has 0 fully saturated rings. The van der Waals surface area contributed by atoms with E-state index < -0.39 is 0 Å². The van der Waals surface area contributed by atoms with Gasteiger partial charge in [0, 0.05) is 40.8 Å². The molecule has 1 aromatic heterocycles. The van der Waals surface area contributed by atoms with Gasteiger partial charge in [0.05, 0.1) is 26.2 Å². The average Bonchev–Trinajstić information content (AvgIpc) is 3.28. The Morgan fingerprint density at radius 2 is 1.65 bits per heavy atom. The number of methoxy groups -OCH3 is 2. The average molecular weight is 499 g/mol. The molecule has 2 amide bonds. The fourth-order valence-corrected chi connectivity index (χ4v) is 4.36. The zero-order valence-electron chi connectivity index (χ0n) is 21.8. The third-order valence-corrected chi connectivity index (χ3v) is 6.16. The summed E-state index contributed by atoms with van der Waals surface area (Å²) in [6.45, 7) is 7.28. The van der Waals surface area contributed by atoms with E-state index in [4.69, 9.17) is 13.9 Å². The lowest BCUT2D eigenvalue weighted by Crippen LogP contribution is -2.11. The van der Waals surface area contributed by atoms with Gasteiger partial charge in [-0.1, -0.05) is 29.8 Å². The van der Waals surface area contributed by atoms with Crippen LogP contribution in [0.25, 0.3) is 27.7 Å². The summed E-state index contributed by atoms with van der Waals surface area (Å²) < 4.78 is 17.0. The van der Waals surface area contributed by atoms with Crippen LogP contribution in [0.5, 0.6) is 11.5 Å². The van der Waals surface area contributed by atoms with E-state index in [0.717, 1.165) is 33.2 Å². The minimum atomic E-state index is -0.346. The fraction of sp³-hybridized carbons (Fsp3) is 0.200. The zero-order chi connectivity index (χ0) is 26.7. The number of hydrogen-bond donors (Lipinski definition) is 2. The molecule has 0 unspecified atom stereocenters. The SMILES string of the molecule is COc1ccc(NC(C)=O)cc1NC(=O)/C=C(\C)c1cc2c(-c3ccc(C)cc3)coc2c(C)c1OC. The number of anilines is 2. The van der Waals surface area contributed by atoms with Crippen LogP contribution in [0.3, 0.4) is 0 Å². The summed E-state index contributed by atoms with van der Waals surface area (Å²) >= 11 is 0. The lowest BCUT2D eigenvalue weighted by Gasteiger charge is -2.14. The molecule has 0 aliphatic carbocycles. The van der Waals surface area contributed by atoms with Crippen LogP contribution in [0.15, 0.2) is 65.3 Å². The molecule has 4 aromatic rings. The first-order valence-electron chi connectivity index (χ1n) is 11.8. The summed E-state index contributed by atoms with van der Waals surface area (Å²) in [6, 6.07) is 15.3. The number of carbonyl (C=O) groups excluding carboxylic acids is 2. The molecule has 0 atom stereocenters. The van der Waals surface area contributed by atoms with Gasteiger partial charge in [0.1, 0.15) is 17.1 Å². The van der Waals surface area contributed by atoms with Gasteiger partial charge < -0.3 is 24.5 Å². The van der Waals surface area contributed by atoms with Crippen LogP contribution in [0.4, 0.5) is 11.4 Å². The van der Waals surface area contributed by atoms with Crippen molar-refractivity contribution in [3.63, 3.8) is 0 Å². The van der Waals surface area contributed by atoms with Crippen molar-refractivity contribution in [1.82, 2.24) is 0 Å². The molecule has 0 aliphatic rings. The van der Waals surface area contributed by atoms with Gasteiger partial charge in [-0.25, -0.2) is 0 Å². The summed E-state index contributed by atoms with van der Waals surface area (Å²) in [7, 11) is 3.12. The third kappa shape index (κ3) is 5.35. The first kappa shape index (κ1) is 25.6. The second-order valence-electron chi connectivity index (χ2n) is 8.89. The Balaban J connectivity index is 1.72. The highest BCUT2D eigenvalue weighted by Crippen LogP contribution is 2.40. The number of nitrogens with one attached hydrogen (secondary N) is 2. The van der Waals surface area contributed by atoms with E-state index in [0.29, 0.717) is 28.4 Å². The van der Waals surface area contributed by atoms with E-state index in [1.807, 2.05) is 19.9 Å². The van der Waals surface area contributed by atoms with Gasteiger partial charge in [-0.2, -0.15) is 0 Å². The number of allylic oxidation sites excluding steroid dienone is 1. The third-order valence-electron chi connectivity index (χ3n) is 6.16. The second-order valence-corrected chi connectivity index (χ2v) is 8.89. The normalized spacial score (nSPS) is 11.4. The van der Waals surface area contributed by atoms with Crippen LogP contribution in [0, 0.1) is 13.8 Å². The highest BCUT2D eigenvalue weighted by atomic mass is 16.5. The molecule has 7 nitrogen and oxygen atoms in total. The number of carbonyl (C=O) groups is 2. The lowest BCUT2D eigenvalue weighted by molar-refractivity contribution is -0.114. The van der Waals surface area contributed by atoms with Gasteiger partial charge in [-0.05, 0) is 56.2 Å². The maximum atomic E-state index is 13.0. The molecular formula is C30H30N2O5. The first-order chi connectivity index (χ1) is 17.7. The van der Waals surface area contributed by atoms with Crippen molar-refractivity contribution in [3.05, 3.63) is 77.6 Å². The monoisotopic (exact) mass is 498 g/mol. The van der Waals surface area contributed by atoms with E-state index in [1.54, 1.807) is 31.6 Å². The molecule has 4 rings (SSSR count). The number of furan rings is 1. The van der Waals surface area contributed by atoms with Crippen molar-refractivity contribution in [3.8, 4) is 22.6 Å². The minimum absolute atomic E-state index is 0.208. The van der Waals surface area contributed by atoms with E-state index in [9.17, 15) is 9.59 Å². The van der Waals surface area contributed by atoms with Crippen molar-refractivity contribution in [2.45, 2.75) is 27.7 Å². The number of rotatable bonds is 7. The summed E-state index contributed by atoms with van der Waals surface area (Å²) in [5.41, 5.74) is 7.29. The maximum Gasteiger partial charge on any atom is 0.248 e. The molecule has 0 aliphatic heterocycles. The lowest BCUT2D eigenvalue weighted by atomic mass is 9.96. The van der Waals surface area contributed by atoms with E-state index in [1.165, 1.54) is 25.7 Å². The van der Waals surface area contributed by atoms with Crippen molar-refractivity contribution in [1.29, 1.82) is 0 Å². The Kier molecular flexibility index (Phi) is 7.34. The molecule has 0 saturated carbocycles. The molecule has 0 spiro atoms. The number of hydrogen-bond acceptors (Lipinski definition) is 5. The summed E-state index contributed by atoms with van der Waals surface area (Å²) in [5, 5.41) is 6.50. The Labute approximate surface area is 216 Å². The Morgan fingerprint density at radius 1 is 0.919 bits per heavy atom. The van der Waals surface area contributed by atoms with Crippen molar-refractivity contribution < 1.29 is 23.5 Å². The largest absolute Gasteiger partial charge is 0.496 e. The predicted octanol–water partition coefficient (Wildman–Crippen LogP) is 6.73. The number of benzene rings is 3. The molecular weight excluding hydrogens is 468 g/mol. The number of aryl methyl sites for hydroxylation is 2. The zero-order valence-corrected chi connectivity index (χ0v) is 21.8. The minimum Gasteiger partial charge on any atom is -0.496 e. The van der Waals surface area contributed by atoms with Gasteiger partial charge >= 0.3 is 0 Å². The van der Waals surface area contributed by atoms with Gasteiger partial charge in [0.25, 0.3) is 0 Å². The quantitative estimate of drug-likeness (QED) is 0.276. The summed E-state index contributed by atoms with van der Waals surface area (Å²) in [5.74, 6) is 0.565. The standard InChI is InChI=1S/C30H30N2O5/c1-17-7-9-21(10-8-17)25-16-37-30-19(3)29(36-6)23(15-24(25)30)18(2)13-28(34)32-26-14-22(31-20(4)33)11-12-27(26)35-5/h7-16H,1-6H3,(H,31,33)(H,32,34)/b18-13+. The van der Waals surface area contributed by atoms with Gasteiger partial charge in [0.2, 0.25) is 11.8 Å². The highest BCUT2D eigenvalue weighted by Gasteiger charge is 2.19. The maximum absolute atomic E-state index is 13.0. The molecule has 3 aromatic carbocycles. The van der Waals surface area contributed by atoms with Crippen molar-refractivity contribution in [2.24, 2.45) is 0 Å². The molecule has 1 heterocycles. The Hall–Kier alpha value is -4.52. The van der Waals surface area contributed by atoms with Gasteiger partial charge in [-0.15, -0.1) is 0 Å². The molecule has 0 radical (unpaired) electrons. The smallest absolute Gasteiger partial charge is 0.248 e. The number of amides is 2. The molecule has 0 saturated heterocycles. The second kappa shape index (κ2) is 10.6. The van der Waals surface area contributed by atoms with E-state index >= 15 is 0 Å². The van der Waals surface area contributed by atoms with Crippen LogP contribution >= 0.6 is 0 Å². The topological polar surface area (TPSA) is 89.8 Å². The van der Waals surface area contributed by atoms with Crippen LogP contribution in [0.1, 0.15) is 30.5 Å². The van der Waals surface area contributed by atoms with Crippen molar-refractivity contribution in [2.75, 3.05) is 24.9 Å². The molecule has 0 bridgehead atoms. The van der Waals surface area contributed by atoms with E-state index in [-0.39, 0.29) is 11.8 Å². The molecule has 7 heteroatoms. The first-order valence-corrected chi connectivity index (χ1v) is 11.8. The van der Waals surface area contributed by atoms with E-state index in [2.05, 4.69) is 41.8 Å². The summed E-state index contributed by atoms with van der Waals surface area (Å²) in [6.07, 6.45) is 3.27. The van der Waals surface area contributed by atoms with Crippen LogP contribution in [0.2, 0.25) is 0 Å². The van der Waals surface area contributed by atoms with Gasteiger partial charge in [-0.3, -0.25) is 9.59 Å². The predicted molar refractivity (Wildman–Crippen MR) is 147 cm³/mol. The van der Waals surface area contributed by atoms with Gasteiger partial charge in [0.15, 0.2) is 0 Å². The Morgan fingerprint density at radius 3 is 2.30 bits per heavy atom. The number of ether oxygens (including phenoxy) is 2. The summed E-state index contributed by atoms with van der Waals surface area (Å²) in [4.78, 5) is 24.5. The highest BCUT2D eigenvalue weighted by molar-refractivity contribution is 6.07. The van der Waals surface area contributed by atoms with Crippen LogP contribution in [-0.2, 0) is 9.59 Å². The molecule has 190 valence electrons.